The summed E-state index contributed by atoms with van der Waals surface area (Å²) < 4.78 is 0. The Bertz CT molecular complexity index is 513. The summed E-state index contributed by atoms with van der Waals surface area (Å²) in [6.07, 6.45) is 6.69. The quantitative estimate of drug-likeness (QED) is 0.642. The molecule has 0 heterocycles. The maximum atomic E-state index is 3.67. The van der Waals surface area contributed by atoms with E-state index in [1.54, 1.807) is 0 Å². The van der Waals surface area contributed by atoms with Gasteiger partial charge in [0.15, 0.2) is 0 Å². The summed E-state index contributed by atoms with van der Waals surface area (Å²) in [4.78, 5) is 0. The highest BCUT2D eigenvalue weighted by Crippen LogP contribution is 2.18. The summed E-state index contributed by atoms with van der Waals surface area (Å²) in [6, 6.07) is 15.8. The summed E-state index contributed by atoms with van der Waals surface area (Å²) in [5.41, 5.74) is 1.41. The molecule has 0 spiro atoms. The van der Waals surface area contributed by atoms with E-state index in [1.807, 2.05) is 0 Å². The van der Waals surface area contributed by atoms with Crippen molar-refractivity contribution in [2.75, 3.05) is 0 Å². The van der Waals surface area contributed by atoms with Crippen molar-refractivity contribution in [2.24, 2.45) is 0 Å². The van der Waals surface area contributed by atoms with Crippen LogP contribution in [0.4, 0.5) is 0 Å². The molecule has 108 valence electrons. The lowest BCUT2D eigenvalue weighted by Crippen LogP contribution is -2.25. The minimum absolute atomic E-state index is 0.603. The number of fused-ring (bicyclic) bond motifs is 1. The third-order valence-electron chi connectivity index (χ3n) is 4.01. The highest BCUT2D eigenvalue weighted by Gasteiger charge is 2.04. The van der Waals surface area contributed by atoms with Gasteiger partial charge in [-0.1, -0.05) is 75.1 Å². The summed E-state index contributed by atoms with van der Waals surface area (Å²) in [5.74, 6) is 0. The molecule has 0 aliphatic heterocycles. The molecule has 1 N–H and O–H groups in total. The van der Waals surface area contributed by atoms with E-state index in [9.17, 15) is 0 Å². The monoisotopic (exact) mass is 269 g/mol. The Balaban J connectivity index is 1.86. The Kier molecular flexibility index (Phi) is 6.07. The SMILES string of the molecule is CCCCCCC(C)NCc1cccc2ccccc12. The average Bonchev–Trinajstić information content (AvgIpc) is 2.49. The molecule has 20 heavy (non-hydrogen) atoms. The molecular formula is C19H27N. The predicted octanol–water partition coefficient (Wildman–Crippen LogP) is 5.29. The van der Waals surface area contributed by atoms with Gasteiger partial charge in [-0.15, -0.1) is 0 Å². The van der Waals surface area contributed by atoms with Crippen molar-refractivity contribution in [1.82, 2.24) is 5.32 Å². The second-order valence-corrected chi connectivity index (χ2v) is 5.77. The van der Waals surface area contributed by atoms with E-state index in [1.165, 1.54) is 48.4 Å². The van der Waals surface area contributed by atoms with Crippen LogP contribution in [0, 0.1) is 0 Å². The maximum absolute atomic E-state index is 3.67. The molecule has 0 saturated carbocycles. The van der Waals surface area contributed by atoms with Crippen LogP contribution in [0.25, 0.3) is 10.8 Å². The average molecular weight is 269 g/mol. The predicted molar refractivity (Wildman–Crippen MR) is 89.0 cm³/mol. The van der Waals surface area contributed by atoms with Crippen molar-refractivity contribution >= 4 is 10.8 Å². The Labute approximate surface area is 123 Å². The van der Waals surface area contributed by atoms with Gasteiger partial charge >= 0.3 is 0 Å². The zero-order valence-electron chi connectivity index (χ0n) is 12.9. The molecule has 2 aromatic carbocycles. The largest absolute Gasteiger partial charge is 0.310 e. The van der Waals surface area contributed by atoms with Crippen LogP contribution in [0.15, 0.2) is 42.5 Å². The minimum atomic E-state index is 0.603. The van der Waals surface area contributed by atoms with Crippen molar-refractivity contribution in [3.05, 3.63) is 48.0 Å². The lowest BCUT2D eigenvalue weighted by atomic mass is 10.0. The molecule has 2 rings (SSSR count). The Morgan fingerprint density at radius 3 is 2.60 bits per heavy atom. The van der Waals surface area contributed by atoms with Gasteiger partial charge in [0.05, 0.1) is 0 Å². The number of benzene rings is 2. The van der Waals surface area contributed by atoms with Crippen molar-refractivity contribution < 1.29 is 0 Å². The summed E-state index contributed by atoms with van der Waals surface area (Å²) in [5, 5.41) is 6.38. The molecule has 0 aromatic heterocycles. The molecule has 0 amide bonds. The van der Waals surface area contributed by atoms with Crippen molar-refractivity contribution in [1.29, 1.82) is 0 Å². The normalized spacial score (nSPS) is 12.7. The van der Waals surface area contributed by atoms with Crippen LogP contribution in [-0.4, -0.2) is 6.04 Å². The molecule has 0 aliphatic carbocycles. The summed E-state index contributed by atoms with van der Waals surface area (Å²) in [6.45, 7) is 5.54. The van der Waals surface area contributed by atoms with Crippen LogP contribution in [0.1, 0.15) is 51.5 Å². The van der Waals surface area contributed by atoms with Gasteiger partial charge in [-0.25, -0.2) is 0 Å². The van der Waals surface area contributed by atoms with E-state index in [-0.39, 0.29) is 0 Å². The molecule has 0 fully saturated rings. The third-order valence-corrected chi connectivity index (χ3v) is 4.01. The highest BCUT2D eigenvalue weighted by molar-refractivity contribution is 5.85. The third kappa shape index (κ3) is 4.35. The second kappa shape index (κ2) is 8.06. The van der Waals surface area contributed by atoms with Crippen molar-refractivity contribution in [3.8, 4) is 0 Å². The highest BCUT2D eigenvalue weighted by atomic mass is 14.9. The maximum Gasteiger partial charge on any atom is 0.0214 e. The minimum Gasteiger partial charge on any atom is -0.310 e. The molecular weight excluding hydrogens is 242 g/mol. The molecule has 1 atom stereocenters. The van der Waals surface area contributed by atoms with E-state index in [0.717, 1.165) is 6.54 Å². The molecule has 0 radical (unpaired) electrons. The van der Waals surface area contributed by atoms with Crippen LogP contribution in [0.3, 0.4) is 0 Å². The van der Waals surface area contributed by atoms with E-state index in [0.29, 0.717) is 6.04 Å². The lowest BCUT2D eigenvalue weighted by molar-refractivity contribution is 0.483. The van der Waals surface area contributed by atoms with E-state index in [4.69, 9.17) is 0 Å². The fourth-order valence-electron chi connectivity index (χ4n) is 2.71. The molecule has 2 aromatic rings. The first-order valence-corrected chi connectivity index (χ1v) is 8.01. The molecule has 0 saturated heterocycles. The van der Waals surface area contributed by atoms with Crippen LogP contribution in [0.5, 0.6) is 0 Å². The topological polar surface area (TPSA) is 12.0 Å². The van der Waals surface area contributed by atoms with E-state index in [2.05, 4.69) is 61.6 Å². The van der Waals surface area contributed by atoms with Crippen molar-refractivity contribution in [3.63, 3.8) is 0 Å². The first kappa shape index (κ1) is 15.1. The first-order chi connectivity index (χ1) is 9.81. The molecule has 1 unspecified atom stereocenters. The fourth-order valence-corrected chi connectivity index (χ4v) is 2.71. The number of unbranched alkanes of at least 4 members (excludes halogenated alkanes) is 3. The lowest BCUT2D eigenvalue weighted by Gasteiger charge is -2.15. The Hall–Kier alpha value is -1.34. The van der Waals surface area contributed by atoms with Gasteiger partial charge in [-0.2, -0.15) is 0 Å². The van der Waals surface area contributed by atoms with Crippen LogP contribution in [-0.2, 0) is 6.54 Å². The van der Waals surface area contributed by atoms with Gasteiger partial charge in [-0.05, 0) is 29.7 Å². The van der Waals surface area contributed by atoms with Gasteiger partial charge < -0.3 is 5.32 Å². The first-order valence-electron chi connectivity index (χ1n) is 8.01. The fraction of sp³-hybridized carbons (Fsp3) is 0.474. The summed E-state index contributed by atoms with van der Waals surface area (Å²) in [7, 11) is 0. The smallest absolute Gasteiger partial charge is 0.0214 e. The Morgan fingerprint density at radius 1 is 0.950 bits per heavy atom. The van der Waals surface area contributed by atoms with Gasteiger partial charge in [0.2, 0.25) is 0 Å². The van der Waals surface area contributed by atoms with Gasteiger partial charge in [0.1, 0.15) is 0 Å². The molecule has 0 aliphatic rings. The van der Waals surface area contributed by atoms with Gasteiger partial charge in [-0.3, -0.25) is 0 Å². The van der Waals surface area contributed by atoms with Crippen molar-refractivity contribution in [2.45, 2.75) is 58.5 Å². The summed E-state index contributed by atoms with van der Waals surface area (Å²) >= 11 is 0. The van der Waals surface area contributed by atoms with Gasteiger partial charge in [0.25, 0.3) is 0 Å². The van der Waals surface area contributed by atoms with Crippen LogP contribution < -0.4 is 5.32 Å². The van der Waals surface area contributed by atoms with E-state index < -0.39 is 0 Å². The standard InChI is InChI=1S/C19H27N/c1-3-4-5-6-10-16(2)20-15-18-13-9-12-17-11-7-8-14-19(17)18/h7-9,11-14,16,20H,3-6,10,15H2,1-2H3. The van der Waals surface area contributed by atoms with E-state index >= 15 is 0 Å². The van der Waals surface area contributed by atoms with Crippen LogP contribution in [0.2, 0.25) is 0 Å². The number of hydrogen-bond acceptors (Lipinski definition) is 1. The zero-order chi connectivity index (χ0) is 14.2. The molecule has 1 nitrogen and oxygen atoms in total. The zero-order valence-corrected chi connectivity index (χ0v) is 12.9. The number of nitrogens with one attached hydrogen (secondary N) is 1. The second-order valence-electron chi connectivity index (χ2n) is 5.77. The van der Waals surface area contributed by atoms with Gasteiger partial charge in [0, 0.05) is 12.6 Å². The number of rotatable bonds is 8. The number of hydrogen-bond donors (Lipinski definition) is 1. The Morgan fingerprint density at radius 2 is 1.75 bits per heavy atom. The molecule has 1 heteroatoms. The molecule has 0 bridgehead atoms. The van der Waals surface area contributed by atoms with Crippen LogP contribution >= 0.6 is 0 Å².